The SMILES string of the molecule is B=CC(=C)CCCc1cc(/C=C/C2C=CSC2)[n+]2c(c1)-c1c(ccc3c1C(/C=C(\C=C\C=C\c1ccsc1)/C=C/C(/C=C\C)=C/C)=[N+](C)CCC3)CCC2. The van der Waals surface area contributed by atoms with E-state index in [9.17, 15) is 0 Å². The van der Waals surface area contributed by atoms with Crippen LogP contribution in [0.1, 0.15) is 73.0 Å². The second kappa shape index (κ2) is 19.8. The molecule has 0 saturated heterocycles. The summed E-state index contributed by atoms with van der Waals surface area (Å²) in [7, 11) is 6.24. The van der Waals surface area contributed by atoms with E-state index in [2.05, 4.69) is 170 Å². The zero-order chi connectivity index (χ0) is 37.7. The second-order valence-corrected chi connectivity index (χ2v) is 16.1. The molecule has 0 bridgehead atoms. The van der Waals surface area contributed by atoms with Gasteiger partial charge in [-0.25, -0.2) is 0 Å². The summed E-state index contributed by atoms with van der Waals surface area (Å²) in [5, 5.41) is 6.55. The van der Waals surface area contributed by atoms with E-state index in [0.29, 0.717) is 5.92 Å². The summed E-state index contributed by atoms with van der Waals surface area (Å²) in [6.07, 6.45) is 36.7. The van der Waals surface area contributed by atoms with Gasteiger partial charge in [-0.15, -0.1) is 11.8 Å². The summed E-state index contributed by atoms with van der Waals surface area (Å²) >= 11 is 3.64. The Morgan fingerprint density at radius 3 is 2.50 bits per heavy atom. The zero-order valence-corrected chi connectivity index (χ0v) is 34.1. The van der Waals surface area contributed by atoms with Gasteiger partial charge in [-0.05, 0) is 52.8 Å². The molecule has 1 atom stereocenters. The number of aromatic nitrogens is 1. The van der Waals surface area contributed by atoms with Crippen molar-refractivity contribution in [2.45, 2.75) is 65.3 Å². The Balaban J connectivity index is 1.52. The van der Waals surface area contributed by atoms with Crippen molar-refractivity contribution in [3.63, 3.8) is 0 Å². The monoisotopic (exact) mass is 746 g/mol. The summed E-state index contributed by atoms with van der Waals surface area (Å²) in [6, 6.07) is 12.0. The van der Waals surface area contributed by atoms with Gasteiger partial charge in [0.2, 0.25) is 0 Å². The zero-order valence-electron chi connectivity index (χ0n) is 32.5. The number of rotatable bonds is 14. The molecule has 1 unspecified atom stereocenters. The quantitative estimate of drug-likeness (QED) is 0.0905. The van der Waals surface area contributed by atoms with Gasteiger partial charge >= 0.3 is 185 Å². The molecule has 54 heavy (non-hydrogen) atoms. The fourth-order valence-corrected chi connectivity index (χ4v) is 9.04. The molecule has 0 aliphatic carbocycles. The van der Waals surface area contributed by atoms with Crippen LogP contribution < -0.4 is 4.57 Å². The molecule has 2 nitrogen and oxygen atoms in total. The van der Waals surface area contributed by atoms with E-state index in [4.69, 9.17) is 0 Å². The van der Waals surface area contributed by atoms with Gasteiger partial charge in [-0.1, -0.05) is 54.7 Å². The van der Waals surface area contributed by atoms with Gasteiger partial charge in [0.15, 0.2) is 0 Å². The topological polar surface area (TPSA) is 6.89 Å². The molecule has 3 aromatic rings. The minimum atomic E-state index is 0.481. The van der Waals surface area contributed by atoms with Crippen molar-refractivity contribution in [3.8, 4) is 11.3 Å². The number of nitrogens with zero attached hydrogens (tertiary/aromatic N) is 2. The molecule has 2 aromatic heterocycles. The molecule has 0 N–H and O–H groups in total. The fraction of sp³-hybridized carbons (Fsp3) is 0.286. The van der Waals surface area contributed by atoms with Gasteiger partial charge in [0.25, 0.3) is 0 Å². The molecule has 1 aromatic carbocycles. The third-order valence-corrected chi connectivity index (χ3v) is 12.1. The van der Waals surface area contributed by atoms with Crippen molar-refractivity contribution in [3.05, 3.63) is 170 Å². The van der Waals surface area contributed by atoms with Crippen molar-refractivity contribution in [1.29, 1.82) is 0 Å². The molecule has 274 valence electrons. The van der Waals surface area contributed by atoms with E-state index in [1.54, 1.807) is 11.3 Å². The van der Waals surface area contributed by atoms with E-state index >= 15 is 0 Å². The normalized spacial score (nSPS) is 17.9. The van der Waals surface area contributed by atoms with Crippen molar-refractivity contribution in [1.82, 2.24) is 0 Å². The molecule has 0 fully saturated rings. The predicted octanol–water partition coefficient (Wildman–Crippen LogP) is 10.8. The number of hydrogen-bond acceptors (Lipinski definition) is 2. The van der Waals surface area contributed by atoms with Crippen LogP contribution in [-0.2, 0) is 25.8 Å². The number of thioether (sulfide) groups is 1. The number of hydrogen-bond donors (Lipinski definition) is 0. The van der Waals surface area contributed by atoms with Crippen LogP contribution in [-0.4, -0.2) is 43.1 Å². The second-order valence-electron chi connectivity index (χ2n) is 14.4. The Kier molecular flexibility index (Phi) is 14.5. The third-order valence-electron chi connectivity index (χ3n) is 10.5. The summed E-state index contributed by atoms with van der Waals surface area (Å²) < 4.78 is 5.13. The average Bonchev–Trinajstić information content (AvgIpc) is 3.85. The molecule has 0 spiro atoms. The van der Waals surface area contributed by atoms with Gasteiger partial charge in [0.1, 0.15) is 13.6 Å². The summed E-state index contributed by atoms with van der Waals surface area (Å²) in [4.78, 5) is 0. The van der Waals surface area contributed by atoms with E-state index in [1.165, 1.54) is 61.6 Å². The Morgan fingerprint density at radius 1 is 0.944 bits per heavy atom. The average molecular weight is 747 g/mol. The molecule has 5 heteroatoms. The predicted molar refractivity (Wildman–Crippen MR) is 242 cm³/mol. The van der Waals surface area contributed by atoms with Crippen molar-refractivity contribution in [2.24, 2.45) is 5.92 Å². The van der Waals surface area contributed by atoms with Crippen LogP contribution >= 0.6 is 23.1 Å². The van der Waals surface area contributed by atoms with Crippen molar-refractivity contribution < 1.29 is 9.14 Å². The molecule has 0 saturated carbocycles. The van der Waals surface area contributed by atoms with Gasteiger partial charge in [-0.3, -0.25) is 0 Å². The number of benzene rings is 1. The van der Waals surface area contributed by atoms with Crippen LogP contribution in [0.5, 0.6) is 0 Å². The summed E-state index contributed by atoms with van der Waals surface area (Å²) in [5.74, 6) is 3.51. The first-order valence-corrected chi connectivity index (χ1v) is 21.6. The Morgan fingerprint density at radius 2 is 1.76 bits per heavy atom. The summed E-state index contributed by atoms with van der Waals surface area (Å²) in [6.45, 7) is 10.4. The van der Waals surface area contributed by atoms with Crippen molar-refractivity contribution in [2.75, 3.05) is 19.3 Å². The van der Waals surface area contributed by atoms with Crippen LogP contribution in [0.3, 0.4) is 0 Å². The van der Waals surface area contributed by atoms with E-state index in [-0.39, 0.29) is 0 Å². The van der Waals surface area contributed by atoms with E-state index in [1.807, 2.05) is 17.7 Å². The van der Waals surface area contributed by atoms with E-state index in [0.717, 1.165) is 69.4 Å². The van der Waals surface area contributed by atoms with Crippen LogP contribution in [0.15, 0.2) is 137 Å². The summed E-state index contributed by atoms with van der Waals surface area (Å²) in [5.41, 5.74) is 15.8. The Bertz CT molecular complexity index is 2110. The molecular weight excluding hydrogens is 691 g/mol. The minimum absolute atomic E-state index is 0.481. The molecule has 6 rings (SSSR count). The fourth-order valence-electron chi connectivity index (χ4n) is 7.55. The maximum atomic E-state index is 4.20. The van der Waals surface area contributed by atoms with Crippen LogP contribution in [0.4, 0.5) is 0 Å². The Labute approximate surface area is 333 Å². The van der Waals surface area contributed by atoms with E-state index < -0.39 is 0 Å². The first kappa shape index (κ1) is 39.4. The number of pyridine rings is 1. The number of thiophene rings is 1. The van der Waals surface area contributed by atoms with Crippen LogP contribution in [0.2, 0.25) is 0 Å². The number of allylic oxidation sites excluding steroid dienone is 14. The first-order valence-electron chi connectivity index (χ1n) is 19.6. The third kappa shape index (κ3) is 10.3. The molecule has 0 amide bonds. The van der Waals surface area contributed by atoms with Gasteiger partial charge in [-0.2, -0.15) is 11.3 Å². The van der Waals surface area contributed by atoms with Gasteiger partial charge in [0.05, 0.1) is 0 Å². The molecular formula is C49H55BN2S2+2. The number of fused-ring (bicyclic) bond motifs is 5. The molecule has 3 aliphatic rings. The molecule has 5 heterocycles. The molecule has 3 aliphatic heterocycles. The molecule has 0 radical (unpaired) electrons. The van der Waals surface area contributed by atoms with Gasteiger partial charge in [0, 0.05) is 6.42 Å². The van der Waals surface area contributed by atoms with Gasteiger partial charge < -0.3 is 0 Å². The number of aryl methyl sites for hydroxylation is 3. The van der Waals surface area contributed by atoms with Crippen LogP contribution in [0.25, 0.3) is 23.4 Å². The Hall–Kier alpha value is -4.32. The maximum absolute atomic E-state index is 4.20. The standard InChI is InChI=1S/C49H55BN2S2/c1-5-12-38(6-2)19-20-39(14-7-8-15-40-25-29-53-35-40)32-46-48-43(17-10-27-51(46)4)22-23-44-18-11-28-52-45(24-21-41-26-30-54-36-41)31-42(33-47(52)49(44)48)16-9-13-37(3)34-50/h5-8,12,14-15,19-26,29-35,41,50H,3,9-11,13,16-18,27-28,36H2,1-2,4H3/q+2/b12-5-,14-7+,15-8+,20-19+,24-21+,38-6+,39-32+. The van der Waals surface area contributed by atoms with Crippen LogP contribution in [0, 0.1) is 5.92 Å². The first-order chi connectivity index (χ1) is 26.5. The van der Waals surface area contributed by atoms with Crippen molar-refractivity contribution >= 4 is 54.4 Å².